The molecule has 7 nitrogen and oxygen atoms in total. The fourth-order valence-electron chi connectivity index (χ4n) is 2.63. The molecule has 0 atom stereocenters. The number of nitrogens with zero attached hydrogens (tertiary/aromatic N) is 1. The Balaban J connectivity index is 2.19. The Morgan fingerprint density at radius 2 is 1.60 bits per heavy atom. The summed E-state index contributed by atoms with van der Waals surface area (Å²) in [5.74, 6) is -3.54. The average molecular weight is 339 g/mol. The molecule has 0 saturated carbocycles. The lowest BCUT2D eigenvalue weighted by atomic mass is 10.0. The smallest absolute Gasteiger partial charge is 0.342 e. The van der Waals surface area contributed by atoms with Crippen molar-refractivity contribution in [2.45, 2.75) is 0 Å². The van der Waals surface area contributed by atoms with Crippen LogP contribution in [0.4, 0.5) is 0 Å². The lowest BCUT2D eigenvalue weighted by molar-refractivity contribution is -0.140. The van der Waals surface area contributed by atoms with Gasteiger partial charge in [0.05, 0.1) is 31.0 Å². The molecular formula is C18H13NO6. The number of rotatable bonds is 3. The van der Waals surface area contributed by atoms with Gasteiger partial charge < -0.3 is 14.6 Å². The van der Waals surface area contributed by atoms with Crippen molar-refractivity contribution in [3.8, 4) is 0 Å². The number of ketones is 1. The van der Waals surface area contributed by atoms with E-state index in [0.717, 1.165) is 19.6 Å². The first-order valence-corrected chi connectivity index (χ1v) is 7.25. The second-order valence-electron chi connectivity index (χ2n) is 5.18. The number of pyridine rings is 1. The zero-order valence-electron chi connectivity index (χ0n) is 13.4. The van der Waals surface area contributed by atoms with Crippen LogP contribution in [0, 0.1) is 0 Å². The summed E-state index contributed by atoms with van der Waals surface area (Å²) in [7, 11) is 2.15. The van der Waals surface area contributed by atoms with Crippen molar-refractivity contribution in [1.29, 1.82) is 0 Å². The minimum Gasteiger partial charge on any atom is -0.506 e. The number of aromatic nitrogens is 1. The van der Waals surface area contributed by atoms with Gasteiger partial charge in [-0.3, -0.25) is 4.79 Å². The van der Waals surface area contributed by atoms with Crippen LogP contribution in [0.1, 0.15) is 5.69 Å². The highest BCUT2D eigenvalue weighted by Crippen LogP contribution is 2.35. The highest BCUT2D eigenvalue weighted by Gasteiger charge is 2.42. The number of allylic oxidation sites excluding steroid dienone is 1. The normalized spacial score (nSPS) is 14.2. The third kappa shape index (κ3) is 2.55. The van der Waals surface area contributed by atoms with E-state index in [0.29, 0.717) is 5.52 Å². The van der Waals surface area contributed by atoms with Crippen LogP contribution in [0.25, 0.3) is 16.5 Å². The van der Waals surface area contributed by atoms with E-state index < -0.39 is 34.6 Å². The van der Waals surface area contributed by atoms with Gasteiger partial charge >= 0.3 is 11.9 Å². The largest absolute Gasteiger partial charge is 0.506 e. The van der Waals surface area contributed by atoms with E-state index in [1.807, 2.05) is 12.1 Å². The number of esters is 2. The summed E-state index contributed by atoms with van der Waals surface area (Å²) in [5.41, 5.74) is -0.603. The molecule has 126 valence electrons. The third-order valence-corrected chi connectivity index (χ3v) is 3.81. The van der Waals surface area contributed by atoms with Crippen LogP contribution in [-0.2, 0) is 23.9 Å². The highest BCUT2D eigenvalue weighted by atomic mass is 16.5. The van der Waals surface area contributed by atoms with Crippen molar-refractivity contribution < 1.29 is 29.0 Å². The number of carbonyl (C=O) groups is 3. The molecule has 0 bridgehead atoms. The number of fused-ring (bicyclic) bond motifs is 1. The number of Topliss-reactive ketones (excluding diaryl/α,β-unsaturated/α-hetero) is 1. The number of benzene rings is 1. The minimum absolute atomic E-state index is 0.140. The molecule has 3 rings (SSSR count). The summed E-state index contributed by atoms with van der Waals surface area (Å²) in [6, 6.07) is 10.5. The van der Waals surface area contributed by atoms with Crippen LogP contribution in [-0.4, -0.2) is 42.0 Å². The predicted octanol–water partition coefficient (Wildman–Crippen LogP) is 1.73. The van der Waals surface area contributed by atoms with Gasteiger partial charge in [0, 0.05) is 5.39 Å². The molecule has 0 amide bonds. The molecule has 0 unspecified atom stereocenters. The maximum atomic E-state index is 12.7. The van der Waals surface area contributed by atoms with E-state index in [9.17, 15) is 19.5 Å². The lowest BCUT2D eigenvalue weighted by Crippen LogP contribution is -2.17. The van der Waals surface area contributed by atoms with Crippen molar-refractivity contribution in [2.24, 2.45) is 0 Å². The SMILES string of the molecule is COC(=O)C1=C(C(=O)OC)C(O)=C(c2ccc3ccccc3n2)C1=O. The minimum atomic E-state index is -1.03. The quantitative estimate of drug-likeness (QED) is 0.671. The molecule has 1 N–H and O–H groups in total. The van der Waals surface area contributed by atoms with Crippen molar-refractivity contribution in [3.05, 3.63) is 59.0 Å². The van der Waals surface area contributed by atoms with E-state index in [4.69, 9.17) is 0 Å². The zero-order valence-corrected chi connectivity index (χ0v) is 13.4. The molecule has 1 heterocycles. The summed E-state index contributed by atoms with van der Waals surface area (Å²) in [5, 5.41) is 11.3. The fraction of sp³-hybridized carbons (Fsp3) is 0.111. The van der Waals surface area contributed by atoms with Gasteiger partial charge in [0.2, 0.25) is 5.78 Å². The van der Waals surface area contributed by atoms with Crippen LogP contribution in [0.3, 0.4) is 0 Å². The van der Waals surface area contributed by atoms with Crippen LogP contribution < -0.4 is 0 Å². The fourth-order valence-corrected chi connectivity index (χ4v) is 2.63. The number of ether oxygens (including phenoxy) is 2. The zero-order chi connectivity index (χ0) is 18.1. The van der Waals surface area contributed by atoms with E-state index >= 15 is 0 Å². The molecule has 7 heteroatoms. The lowest BCUT2D eigenvalue weighted by Gasteiger charge is -2.05. The number of hydrogen-bond donors (Lipinski definition) is 1. The third-order valence-electron chi connectivity index (χ3n) is 3.81. The van der Waals surface area contributed by atoms with Gasteiger partial charge in [-0.2, -0.15) is 0 Å². The monoisotopic (exact) mass is 339 g/mol. The predicted molar refractivity (Wildman–Crippen MR) is 87.4 cm³/mol. The number of carbonyl (C=O) groups excluding carboxylic acids is 3. The Hall–Kier alpha value is -3.48. The average Bonchev–Trinajstić information content (AvgIpc) is 2.90. The van der Waals surface area contributed by atoms with Crippen molar-refractivity contribution in [1.82, 2.24) is 4.98 Å². The Morgan fingerprint density at radius 1 is 0.960 bits per heavy atom. The number of methoxy groups -OCH3 is 2. The second-order valence-corrected chi connectivity index (χ2v) is 5.18. The summed E-state index contributed by atoms with van der Waals surface area (Å²) in [6.07, 6.45) is 0. The Bertz CT molecular complexity index is 986. The molecule has 0 radical (unpaired) electrons. The van der Waals surface area contributed by atoms with Crippen LogP contribution in [0.2, 0.25) is 0 Å². The van der Waals surface area contributed by atoms with Gasteiger partial charge in [0.15, 0.2) is 0 Å². The standard InChI is InChI=1S/C18H13NO6/c1-24-17(22)13-14(18(23)25-2)16(21)12(15(13)20)11-8-7-9-5-3-4-6-10(9)19-11/h3-8,20H,1-2H3. The number of aliphatic hydroxyl groups excluding tert-OH is 1. The molecule has 1 aromatic carbocycles. The van der Waals surface area contributed by atoms with E-state index in [1.165, 1.54) is 6.07 Å². The molecule has 1 aliphatic rings. The van der Waals surface area contributed by atoms with Crippen LogP contribution >= 0.6 is 0 Å². The Labute approximate surface area is 142 Å². The second kappa shape index (κ2) is 6.20. The molecule has 1 aliphatic carbocycles. The summed E-state index contributed by atoms with van der Waals surface area (Å²) in [6.45, 7) is 0. The first kappa shape index (κ1) is 16.4. The molecule has 0 fully saturated rings. The van der Waals surface area contributed by atoms with Crippen LogP contribution in [0.15, 0.2) is 53.3 Å². The van der Waals surface area contributed by atoms with Gasteiger partial charge in [0.25, 0.3) is 0 Å². The number of aliphatic hydroxyl groups is 1. The van der Waals surface area contributed by atoms with Gasteiger partial charge in [-0.25, -0.2) is 14.6 Å². The van der Waals surface area contributed by atoms with Gasteiger partial charge in [-0.1, -0.05) is 24.3 Å². The summed E-state index contributed by atoms with van der Waals surface area (Å²) < 4.78 is 9.11. The molecule has 2 aromatic rings. The van der Waals surface area contributed by atoms with Crippen molar-refractivity contribution in [2.75, 3.05) is 14.2 Å². The van der Waals surface area contributed by atoms with Gasteiger partial charge in [-0.05, 0) is 12.1 Å². The molecule has 0 spiro atoms. The molecule has 1 aromatic heterocycles. The number of hydrogen-bond acceptors (Lipinski definition) is 7. The topological polar surface area (TPSA) is 103 Å². The highest BCUT2D eigenvalue weighted by molar-refractivity contribution is 6.43. The molecule has 0 aliphatic heterocycles. The number of para-hydroxylation sites is 1. The van der Waals surface area contributed by atoms with E-state index in [1.54, 1.807) is 18.2 Å². The summed E-state index contributed by atoms with van der Waals surface area (Å²) in [4.78, 5) is 40.8. The van der Waals surface area contributed by atoms with Crippen molar-refractivity contribution in [3.63, 3.8) is 0 Å². The first-order chi connectivity index (χ1) is 12.0. The van der Waals surface area contributed by atoms with Gasteiger partial charge in [0.1, 0.15) is 16.9 Å². The molecule has 25 heavy (non-hydrogen) atoms. The maximum absolute atomic E-state index is 12.7. The maximum Gasteiger partial charge on any atom is 0.342 e. The van der Waals surface area contributed by atoms with Crippen molar-refractivity contribution >= 4 is 34.2 Å². The van der Waals surface area contributed by atoms with Gasteiger partial charge in [-0.15, -0.1) is 0 Å². The Kier molecular flexibility index (Phi) is 4.06. The van der Waals surface area contributed by atoms with E-state index in [-0.39, 0.29) is 11.3 Å². The van der Waals surface area contributed by atoms with E-state index in [2.05, 4.69) is 14.5 Å². The summed E-state index contributed by atoms with van der Waals surface area (Å²) >= 11 is 0. The van der Waals surface area contributed by atoms with Crippen LogP contribution in [0.5, 0.6) is 0 Å². The Morgan fingerprint density at radius 3 is 2.28 bits per heavy atom. The first-order valence-electron chi connectivity index (χ1n) is 7.25. The molecular weight excluding hydrogens is 326 g/mol. The molecule has 0 saturated heterocycles.